The van der Waals surface area contributed by atoms with Crippen molar-refractivity contribution in [2.24, 2.45) is 0 Å². The largest absolute Gasteiger partial charge is 0.309 e. The molecule has 0 aliphatic carbocycles. The molecule has 0 N–H and O–H groups in total. The Hall–Kier alpha value is -2.24. The number of carbonyl (C=O) groups excluding carboxylic acids is 1. The SMILES string of the molecule is Cc1ccc(C(=O)N(CCCN(C)C)c2nc3c(C)cc(C)cc3s2)cc1. The molecule has 0 atom stereocenters. The van der Waals surface area contributed by atoms with Crippen molar-refractivity contribution in [2.75, 3.05) is 32.1 Å². The standard InChI is InChI=1S/C22H27N3OS/c1-15-7-9-18(10-8-15)21(26)25(12-6-11-24(4)5)22-23-20-17(3)13-16(2)14-19(20)27-22/h7-10,13-14H,6,11-12H2,1-5H3. The fourth-order valence-corrected chi connectivity index (χ4v) is 4.32. The molecular weight excluding hydrogens is 354 g/mol. The van der Waals surface area contributed by atoms with E-state index in [1.807, 2.05) is 36.1 Å². The minimum atomic E-state index is 0.0159. The van der Waals surface area contributed by atoms with Crippen LogP contribution in [0.5, 0.6) is 0 Å². The maximum atomic E-state index is 13.2. The number of fused-ring (bicyclic) bond motifs is 1. The topological polar surface area (TPSA) is 36.4 Å². The lowest BCUT2D eigenvalue weighted by atomic mass is 10.1. The summed E-state index contributed by atoms with van der Waals surface area (Å²) in [6.45, 7) is 7.79. The number of amides is 1. The van der Waals surface area contributed by atoms with Gasteiger partial charge in [-0.2, -0.15) is 0 Å². The summed E-state index contributed by atoms with van der Waals surface area (Å²) in [6.07, 6.45) is 0.901. The van der Waals surface area contributed by atoms with Gasteiger partial charge in [0.15, 0.2) is 5.13 Å². The van der Waals surface area contributed by atoms with Gasteiger partial charge >= 0.3 is 0 Å². The third kappa shape index (κ3) is 4.54. The van der Waals surface area contributed by atoms with E-state index < -0.39 is 0 Å². The predicted molar refractivity (Wildman–Crippen MR) is 115 cm³/mol. The highest BCUT2D eigenvalue weighted by molar-refractivity contribution is 7.22. The first-order chi connectivity index (χ1) is 12.8. The van der Waals surface area contributed by atoms with Crippen LogP contribution >= 0.6 is 11.3 Å². The molecule has 1 heterocycles. The fraction of sp³-hybridized carbons (Fsp3) is 0.364. The summed E-state index contributed by atoms with van der Waals surface area (Å²) in [5.41, 5.74) is 5.23. The Morgan fingerprint density at radius 1 is 1.00 bits per heavy atom. The van der Waals surface area contributed by atoms with Crippen molar-refractivity contribution < 1.29 is 4.79 Å². The third-order valence-corrected chi connectivity index (χ3v) is 5.61. The van der Waals surface area contributed by atoms with Gasteiger partial charge in [-0.1, -0.05) is 35.1 Å². The summed E-state index contributed by atoms with van der Waals surface area (Å²) in [7, 11) is 4.10. The Morgan fingerprint density at radius 3 is 2.37 bits per heavy atom. The molecule has 0 saturated heterocycles. The minimum Gasteiger partial charge on any atom is -0.309 e. The summed E-state index contributed by atoms with van der Waals surface area (Å²) in [6, 6.07) is 12.1. The highest BCUT2D eigenvalue weighted by Gasteiger charge is 2.21. The van der Waals surface area contributed by atoms with Gasteiger partial charge in [-0.15, -0.1) is 0 Å². The Morgan fingerprint density at radius 2 is 1.70 bits per heavy atom. The van der Waals surface area contributed by atoms with Crippen LogP contribution in [0.4, 0.5) is 5.13 Å². The van der Waals surface area contributed by atoms with Gasteiger partial charge in [0.2, 0.25) is 0 Å². The van der Waals surface area contributed by atoms with Crippen LogP contribution < -0.4 is 4.90 Å². The second-order valence-electron chi connectivity index (χ2n) is 7.40. The lowest BCUT2D eigenvalue weighted by Crippen LogP contribution is -2.33. The smallest absolute Gasteiger partial charge is 0.260 e. The van der Waals surface area contributed by atoms with Gasteiger partial charge in [0.1, 0.15) is 0 Å². The molecule has 1 amide bonds. The van der Waals surface area contributed by atoms with E-state index in [2.05, 4.69) is 45.0 Å². The molecule has 0 unspecified atom stereocenters. The van der Waals surface area contributed by atoms with Crippen LogP contribution in [-0.4, -0.2) is 43.0 Å². The summed E-state index contributed by atoms with van der Waals surface area (Å²) in [5.74, 6) is 0.0159. The number of carbonyl (C=O) groups is 1. The van der Waals surface area contributed by atoms with Gasteiger partial charge in [0.25, 0.3) is 5.91 Å². The van der Waals surface area contributed by atoms with E-state index in [1.54, 1.807) is 11.3 Å². The molecule has 27 heavy (non-hydrogen) atoms. The van der Waals surface area contributed by atoms with Crippen LogP contribution in [0.25, 0.3) is 10.2 Å². The van der Waals surface area contributed by atoms with Gasteiger partial charge in [-0.05, 0) is 77.2 Å². The molecule has 0 aliphatic heterocycles. The van der Waals surface area contributed by atoms with E-state index in [1.165, 1.54) is 5.56 Å². The van der Waals surface area contributed by atoms with Crippen molar-refractivity contribution in [1.82, 2.24) is 9.88 Å². The molecular formula is C22H27N3OS. The Kier molecular flexibility index (Phi) is 5.92. The molecule has 0 aliphatic rings. The zero-order chi connectivity index (χ0) is 19.6. The third-order valence-electron chi connectivity index (χ3n) is 4.58. The van der Waals surface area contributed by atoms with Crippen molar-refractivity contribution in [1.29, 1.82) is 0 Å². The fourth-order valence-electron chi connectivity index (χ4n) is 3.16. The van der Waals surface area contributed by atoms with E-state index in [9.17, 15) is 4.79 Å². The molecule has 3 aromatic rings. The number of anilines is 1. The second-order valence-corrected chi connectivity index (χ2v) is 8.41. The van der Waals surface area contributed by atoms with Crippen molar-refractivity contribution in [2.45, 2.75) is 27.2 Å². The van der Waals surface area contributed by atoms with E-state index in [4.69, 9.17) is 4.98 Å². The molecule has 3 rings (SSSR count). The van der Waals surface area contributed by atoms with Gasteiger partial charge in [0, 0.05) is 12.1 Å². The number of aromatic nitrogens is 1. The molecule has 5 heteroatoms. The number of rotatable bonds is 6. The van der Waals surface area contributed by atoms with Gasteiger partial charge in [0.05, 0.1) is 10.2 Å². The van der Waals surface area contributed by atoms with Crippen LogP contribution in [0.2, 0.25) is 0 Å². The molecule has 0 bridgehead atoms. The highest BCUT2D eigenvalue weighted by atomic mass is 32.1. The normalized spacial score (nSPS) is 11.3. The van der Waals surface area contributed by atoms with E-state index >= 15 is 0 Å². The predicted octanol–water partition coefficient (Wildman–Crippen LogP) is 4.82. The first-order valence-corrected chi connectivity index (χ1v) is 10.1. The van der Waals surface area contributed by atoms with Crippen molar-refractivity contribution in [3.63, 3.8) is 0 Å². The molecule has 4 nitrogen and oxygen atoms in total. The molecule has 1 aromatic heterocycles. The quantitative estimate of drug-likeness (QED) is 0.614. The average molecular weight is 382 g/mol. The molecule has 0 fully saturated rings. The zero-order valence-corrected chi connectivity index (χ0v) is 17.6. The summed E-state index contributed by atoms with van der Waals surface area (Å²) < 4.78 is 1.14. The summed E-state index contributed by atoms with van der Waals surface area (Å²) >= 11 is 1.60. The first kappa shape index (κ1) is 19.5. The monoisotopic (exact) mass is 381 g/mol. The number of aryl methyl sites for hydroxylation is 3. The van der Waals surface area contributed by atoms with Gasteiger partial charge in [-0.3, -0.25) is 9.69 Å². The molecule has 2 aromatic carbocycles. The van der Waals surface area contributed by atoms with Crippen LogP contribution in [0.15, 0.2) is 36.4 Å². The van der Waals surface area contributed by atoms with Gasteiger partial charge < -0.3 is 4.90 Å². The van der Waals surface area contributed by atoms with E-state index in [-0.39, 0.29) is 5.91 Å². The number of benzene rings is 2. The molecule has 0 saturated carbocycles. The molecule has 0 radical (unpaired) electrons. The van der Waals surface area contributed by atoms with Crippen LogP contribution in [0.3, 0.4) is 0 Å². The number of nitrogens with zero attached hydrogens (tertiary/aromatic N) is 3. The number of thiazole rings is 1. The minimum absolute atomic E-state index is 0.0159. The zero-order valence-electron chi connectivity index (χ0n) is 16.7. The van der Waals surface area contributed by atoms with Crippen LogP contribution in [0, 0.1) is 20.8 Å². The van der Waals surface area contributed by atoms with Crippen molar-refractivity contribution in [3.8, 4) is 0 Å². The van der Waals surface area contributed by atoms with E-state index in [0.717, 1.165) is 39.4 Å². The van der Waals surface area contributed by atoms with Crippen molar-refractivity contribution in [3.05, 3.63) is 58.7 Å². The lowest BCUT2D eigenvalue weighted by Gasteiger charge is -2.21. The van der Waals surface area contributed by atoms with Crippen LogP contribution in [0.1, 0.15) is 33.5 Å². The summed E-state index contributed by atoms with van der Waals surface area (Å²) in [4.78, 5) is 22.0. The van der Waals surface area contributed by atoms with Crippen molar-refractivity contribution >= 4 is 32.6 Å². The maximum absolute atomic E-state index is 13.2. The Balaban J connectivity index is 1.97. The maximum Gasteiger partial charge on any atom is 0.260 e. The number of hydrogen-bond donors (Lipinski definition) is 0. The first-order valence-electron chi connectivity index (χ1n) is 9.26. The Labute approximate surface area is 165 Å². The number of hydrogen-bond acceptors (Lipinski definition) is 4. The Bertz CT molecular complexity index is 944. The lowest BCUT2D eigenvalue weighted by molar-refractivity contribution is 0.0986. The molecule has 0 spiro atoms. The summed E-state index contributed by atoms with van der Waals surface area (Å²) in [5, 5.41) is 0.781. The average Bonchev–Trinajstić information content (AvgIpc) is 3.02. The van der Waals surface area contributed by atoms with Crippen LogP contribution in [-0.2, 0) is 0 Å². The van der Waals surface area contributed by atoms with Gasteiger partial charge in [-0.25, -0.2) is 4.98 Å². The second kappa shape index (κ2) is 8.19. The van der Waals surface area contributed by atoms with E-state index in [0.29, 0.717) is 12.1 Å². The highest BCUT2D eigenvalue weighted by Crippen LogP contribution is 2.32. The molecule has 142 valence electrons.